The van der Waals surface area contributed by atoms with Crippen LogP contribution < -0.4 is 5.73 Å². The van der Waals surface area contributed by atoms with Crippen LogP contribution in [0.3, 0.4) is 0 Å². The Morgan fingerprint density at radius 1 is 1.21 bits per heavy atom. The Hall–Kier alpha value is -1.61. The first-order chi connectivity index (χ1) is 9.15. The zero-order valence-electron chi connectivity index (χ0n) is 12.1. The molecule has 19 heavy (non-hydrogen) atoms. The molecule has 2 N–H and O–H groups in total. The van der Waals surface area contributed by atoms with Crippen molar-refractivity contribution in [1.82, 2.24) is 9.78 Å². The van der Waals surface area contributed by atoms with Crippen LogP contribution in [-0.4, -0.2) is 15.8 Å². The van der Waals surface area contributed by atoms with Crippen LogP contribution in [0.2, 0.25) is 0 Å². The summed E-state index contributed by atoms with van der Waals surface area (Å²) in [5, 5.41) is 4.71. The second-order valence-electron chi connectivity index (χ2n) is 5.06. The molecule has 0 aliphatic carbocycles. The first-order valence-corrected chi connectivity index (χ1v) is 7.07. The average molecular weight is 257 g/mol. The lowest BCUT2D eigenvalue weighted by Gasteiger charge is -2.13. The van der Waals surface area contributed by atoms with E-state index in [2.05, 4.69) is 48.9 Å². The van der Waals surface area contributed by atoms with Crippen molar-refractivity contribution < 1.29 is 0 Å². The second kappa shape index (κ2) is 6.02. The molecule has 3 heteroatoms. The fraction of sp³-hybridized carbons (Fsp3) is 0.438. The van der Waals surface area contributed by atoms with Crippen molar-refractivity contribution in [2.45, 2.75) is 46.1 Å². The summed E-state index contributed by atoms with van der Waals surface area (Å²) in [5.41, 5.74) is 10.8. The number of nitrogens with two attached hydrogens (primary N) is 1. The molecule has 0 saturated heterocycles. The lowest BCUT2D eigenvalue weighted by atomic mass is 10.1. The zero-order valence-corrected chi connectivity index (χ0v) is 12.1. The van der Waals surface area contributed by atoms with Crippen molar-refractivity contribution >= 4 is 0 Å². The van der Waals surface area contributed by atoms with Crippen molar-refractivity contribution in [3.05, 3.63) is 47.3 Å². The predicted molar refractivity (Wildman–Crippen MR) is 79.7 cm³/mol. The monoisotopic (exact) mass is 257 g/mol. The predicted octanol–water partition coefficient (Wildman–Crippen LogP) is 2.89. The first-order valence-electron chi connectivity index (χ1n) is 7.07. The summed E-state index contributed by atoms with van der Waals surface area (Å²) in [4.78, 5) is 0. The number of para-hydroxylation sites is 1. The van der Waals surface area contributed by atoms with E-state index < -0.39 is 0 Å². The molecule has 3 nitrogen and oxygen atoms in total. The van der Waals surface area contributed by atoms with Gasteiger partial charge in [0.15, 0.2) is 0 Å². The highest BCUT2D eigenvalue weighted by Crippen LogP contribution is 2.19. The molecule has 2 rings (SSSR count). The molecule has 1 aromatic heterocycles. The minimum Gasteiger partial charge on any atom is -0.328 e. The Balaban J connectivity index is 2.48. The van der Waals surface area contributed by atoms with Crippen LogP contribution in [0.4, 0.5) is 0 Å². The molecule has 0 aliphatic heterocycles. The van der Waals surface area contributed by atoms with Crippen molar-refractivity contribution in [1.29, 1.82) is 0 Å². The van der Waals surface area contributed by atoms with Gasteiger partial charge in [-0.15, -0.1) is 0 Å². The van der Waals surface area contributed by atoms with Crippen LogP contribution in [0.5, 0.6) is 0 Å². The highest BCUT2D eigenvalue weighted by atomic mass is 15.3. The van der Waals surface area contributed by atoms with E-state index in [1.165, 1.54) is 11.3 Å². The lowest BCUT2D eigenvalue weighted by Crippen LogP contribution is -2.19. The minimum absolute atomic E-state index is 0.160. The third kappa shape index (κ3) is 3.04. The summed E-state index contributed by atoms with van der Waals surface area (Å²) in [7, 11) is 0. The van der Waals surface area contributed by atoms with Crippen LogP contribution >= 0.6 is 0 Å². The maximum Gasteiger partial charge on any atom is 0.0681 e. The first kappa shape index (κ1) is 13.8. The van der Waals surface area contributed by atoms with E-state index in [4.69, 9.17) is 10.8 Å². The number of nitrogens with zero attached hydrogens (tertiary/aromatic N) is 2. The molecule has 1 atom stereocenters. The summed E-state index contributed by atoms with van der Waals surface area (Å²) >= 11 is 0. The summed E-state index contributed by atoms with van der Waals surface area (Å²) in [6.07, 6.45) is 2.83. The molecule has 2 aromatic rings. The van der Waals surface area contributed by atoms with E-state index in [-0.39, 0.29) is 6.04 Å². The van der Waals surface area contributed by atoms with Gasteiger partial charge < -0.3 is 5.73 Å². The van der Waals surface area contributed by atoms with Gasteiger partial charge in [-0.25, -0.2) is 4.68 Å². The third-order valence-corrected chi connectivity index (χ3v) is 3.32. The number of aromatic nitrogens is 2. The van der Waals surface area contributed by atoms with Crippen LogP contribution in [0, 0.1) is 0 Å². The normalized spacial score (nSPS) is 12.6. The quantitative estimate of drug-likeness (QED) is 0.895. The topological polar surface area (TPSA) is 43.8 Å². The van der Waals surface area contributed by atoms with Gasteiger partial charge in [-0.1, -0.05) is 32.0 Å². The SMILES string of the molecule is CCc1cc(CC)n(-c2ccccc2CC(C)N)n1. The fourth-order valence-corrected chi connectivity index (χ4v) is 2.35. The molecule has 0 fully saturated rings. The van der Waals surface area contributed by atoms with E-state index in [0.29, 0.717) is 0 Å². The van der Waals surface area contributed by atoms with Crippen molar-refractivity contribution in [3.63, 3.8) is 0 Å². The van der Waals surface area contributed by atoms with Gasteiger partial charge in [0, 0.05) is 11.7 Å². The van der Waals surface area contributed by atoms with Gasteiger partial charge in [0.1, 0.15) is 0 Å². The van der Waals surface area contributed by atoms with Gasteiger partial charge in [-0.2, -0.15) is 5.10 Å². The zero-order chi connectivity index (χ0) is 13.8. The van der Waals surface area contributed by atoms with E-state index in [0.717, 1.165) is 30.6 Å². The van der Waals surface area contributed by atoms with Gasteiger partial charge in [0.2, 0.25) is 0 Å². The Kier molecular flexibility index (Phi) is 4.38. The van der Waals surface area contributed by atoms with Gasteiger partial charge >= 0.3 is 0 Å². The molecule has 0 radical (unpaired) electrons. The summed E-state index contributed by atoms with van der Waals surface area (Å²) in [5.74, 6) is 0. The van der Waals surface area contributed by atoms with Gasteiger partial charge in [-0.05, 0) is 43.9 Å². The van der Waals surface area contributed by atoms with Crippen LogP contribution in [0.1, 0.15) is 37.7 Å². The minimum atomic E-state index is 0.160. The van der Waals surface area contributed by atoms with Crippen molar-refractivity contribution in [2.24, 2.45) is 5.73 Å². The van der Waals surface area contributed by atoms with E-state index >= 15 is 0 Å². The number of hydrogen-bond acceptors (Lipinski definition) is 2. The number of rotatable bonds is 5. The Bertz CT molecular complexity index is 541. The van der Waals surface area contributed by atoms with Crippen LogP contribution in [0.25, 0.3) is 5.69 Å². The largest absolute Gasteiger partial charge is 0.328 e. The molecular weight excluding hydrogens is 234 g/mol. The molecule has 0 bridgehead atoms. The maximum absolute atomic E-state index is 5.94. The molecule has 0 amide bonds. The lowest BCUT2D eigenvalue weighted by molar-refractivity contribution is 0.719. The van der Waals surface area contributed by atoms with Crippen LogP contribution in [0.15, 0.2) is 30.3 Å². The smallest absolute Gasteiger partial charge is 0.0681 e. The van der Waals surface area contributed by atoms with Gasteiger partial charge in [0.25, 0.3) is 0 Å². The summed E-state index contributed by atoms with van der Waals surface area (Å²) in [6, 6.07) is 10.8. The number of hydrogen-bond donors (Lipinski definition) is 1. The number of aryl methyl sites for hydroxylation is 2. The summed E-state index contributed by atoms with van der Waals surface area (Å²) < 4.78 is 2.08. The maximum atomic E-state index is 5.94. The Morgan fingerprint density at radius 3 is 2.58 bits per heavy atom. The molecular formula is C16H23N3. The Morgan fingerprint density at radius 2 is 1.95 bits per heavy atom. The van der Waals surface area contributed by atoms with E-state index in [1.54, 1.807) is 0 Å². The molecule has 1 aromatic carbocycles. The molecule has 0 spiro atoms. The van der Waals surface area contributed by atoms with Gasteiger partial charge in [-0.3, -0.25) is 0 Å². The third-order valence-electron chi connectivity index (χ3n) is 3.32. The highest BCUT2D eigenvalue weighted by Gasteiger charge is 2.11. The second-order valence-corrected chi connectivity index (χ2v) is 5.06. The molecule has 1 heterocycles. The molecule has 0 saturated carbocycles. The molecule has 0 aliphatic rings. The average Bonchev–Trinajstić information content (AvgIpc) is 2.82. The summed E-state index contributed by atoms with van der Waals surface area (Å²) in [6.45, 7) is 6.35. The number of benzene rings is 1. The highest BCUT2D eigenvalue weighted by molar-refractivity contribution is 5.42. The fourth-order valence-electron chi connectivity index (χ4n) is 2.35. The van der Waals surface area contributed by atoms with Gasteiger partial charge in [0.05, 0.1) is 11.4 Å². The van der Waals surface area contributed by atoms with E-state index in [9.17, 15) is 0 Å². The van der Waals surface area contributed by atoms with E-state index in [1.807, 2.05) is 6.92 Å². The molecule has 102 valence electrons. The molecule has 1 unspecified atom stereocenters. The standard InChI is InChI=1S/C16H23N3/c1-4-14-11-15(5-2)19(18-14)16-9-7-6-8-13(16)10-12(3)17/h6-9,11-12H,4-5,10,17H2,1-3H3. The van der Waals surface area contributed by atoms with Crippen molar-refractivity contribution in [2.75, 3.05) is 0 Å². The Labute approximate surface area is 115 Å². The van der Waals surface area contributed by atoms with Crippen LogP contribution in [-0.2, 0) is 19.3 Å². The van der Waals surface area contributed by atoms with Crippen molar-refractivity contribution in [3.8, 4) is 5.69 Å².